The molecule has 0 aliphatic carbocycles. The molecule has 0 aliphatic heterocycles. The topological polar surface area (TPSA) is 103 Å². The number of carbonyl (C=O) groups is 3. The number of nitrogens with one attached hydrogen (secondary N) is 2. The number of ether oxygens (including phenoxy) is 3. The Labute approximate surface area is 274 Å². The fourth-order valence-electron chi connectivity index (χ4n) is 4.66. The number of hydrogen-bond acceptors (Lipinski definition) is 6. The Morgan fingerprint density at radius 2 is 1.00 bits per heavy atom. The molecule has 0 fully saturated rings. The van der Waals surface area contributed by atoms with E-state index < -0.39 is 41.4 Å². The molecule has 0 radical (unpaired) electrons. The Bertz CT molecular complexity index is 1200. The third kappa shape index (κ3) is 17.3. The van der Waals surface area contributed by atoms with Gasteiger partial charge in [0.05, 0.1) is 39.3 Å². The highest BCUT2D eigenvalue weighted by Gasteiger charge is 2.23. The molecule has 47 heavy (non-hydrogen) atoms. The highest BCUT2D eigenvalue weighted by molar-refractivity contribution is 5.93. The summed E-state index contributed by atoms with van der Waals surface area (Å²) in [6.07, 6.45) is 15.0. The predicted molar refractivity (Wildman–Crippen MR) is 172 cm³/mol. The van der Waals surface area contributed by atoms with Gasteiger partial charge in [0.25, 0.3) is 0 Å². The van der Waals surface area contributed by atoms with Crippen LogP contribution in [0.1, 0.15) is 103 Å². The third-order valence-corrected chi connectivity index (χ3v) is 7.29. The van der Waals surface area contributed by atoms with Crippen molar-refractivity contribution in [3.63, 3.8) is 0 Å². The van der Waals surface area contributed by atoms with Gasteiger partial charge in [0.15, 0.2) is 11.6 Å². The van der Waals surface area contributed by atoms with Crippen LogP contribution in [0, 0.1) is 23.3 Å². The number of esters is 1. The Balaban J connectivity index is 1.47. The molecule has 0 heterocycles. The number of unbranched alkanes of at least 4 members (excludes halogenated alkanes) is 11. The van der Waals surface area contributed by atoms with Crippen LogP contribution in [-0.2, 0) is 23.9 Å². The predicted octanol–water partition coefficient (Wildman–Crippen LogP) is 8.63. The van der Waals surface area contributed by atoms with Crippen LogP contribution in [0.5, 0.6) is 5.75 Å². The average Bonchev–Trinajstić information content (AvgIpc) is 3.04. The fourth-order valence-corrected chi connectivity index (χ4v) is 4.66. The van der Waals surface area contributed by atoms with Crippen LogP contribution in [0.2, 0.25) is 0 Å². The van der Waals surface area contributed by atoms with Gasteiger partial charge in [-0.3, -0.25) is 14.4 Å². The van der Waals surface area contributed by atoms with Gasteiger partial charge < -0.3 is 24.8 Å². The van der Waals surface area contributed by atoms with E-state index in [0.29, 0.717) is 17.8 Å². The van der Waals surface area contributed by atoms with Gasteiger partial charge in [-0.05, 0) is 30.7 Å². The van der Waals surface area contributed by atoms with Crippen molar-refractivity contribution in [2.24, 2.45) is 0 Å². The molecule has 0 unspecified atom stereocenters. The van der Waals surface area contributed by atoms with Crippen molar-refractivity contribution in [3.05, 3.63) is 53.6 Å². The molecule has 0 aromatic heterocycles. The minimum absolute atomic E-state index is 0.00940. The normalized spacial score (nSPS) is 11.0. The standard InChI is InChI=1S/C35H48F4N2O6/c1-2-3-4-5-6-7-8-9-10-11-12-13-14-30(42)40-26-15-17-27(18-16-26)41-31(43)19-21-45-23-24-46-22-20-32(44)47-35-33(38)28(36)25-29(37)34(35)39/h15-18,25H,2-14,19-24H2,1H3,(H,40,42)(H,41,43). The molecular formula is C35H48F4N2O6. The van der Waals surface area contributed by atoms with Crippen molar-refractivity contribution in [3.8, 4) is 5.75 Å². The van der Waals surface area contributed by atoms with Gasteiger partial charge in [0.2, 0.25) is 29.2 Å². The minimum Gasteiger partial charge on any atom is -0.420 e. The first-order valence-electron chi connectivity index (χ1n) is 16.6. The van der Waals surface area contributed by atoms with Crippen LogP contribution >= 0.6 is 0 Å². The van der Waals surface area contributed by atoms with Gasteiger partial charge in [0, 0.05) is 23.9 Å². The van der Waals surface area contributed by atoms with Crippen molar-refractivity contribution < 1.29 is 46.2 Å². The highest BCUT2D eigenvalue weighted by atomic mass is 19.2. The van der Waals surface area contributed by atoms with Gasteiger partial charge >= 0.3 is 5.97 Å². The van der Waals surface area contributed by atoms with Crippen LogP contribution < -0.4 is 15.4 Å². The van der Waals surface area contributed by atoms with Crippen LogP contribution in [0.25, 0.3) is 0 Å². The molecule has 0 aliphatic rings. The molecule has 2 N–H and O–H groups in total. The monoisotopic (exact) mass is 668 g/mol. The molecule has 2 amide bonds. The van der Waals surface area contributed by atoms with Gasteiger partial charge in [-0.15, -0.1) is 0 Å². The maximum atomic E-state index is 13.6. The largest absolute Gasteiger partial charge is 0.420 e. The summed E-state index contributed by atoms with van der Waals surface area (Å²) in [7, 11) is 0. The molecule has 8 nitrogen and oxygen atoms in total. The Morgan fingerprint density at radius 1 is 0.574 bits per heavy atom. The van der Waals surface area contributed by atoms with E-state index in [2.05, 4.69) is 22.3 Å². The second kappa shape index (κ2) is 23.8. The molecule has 0 saturated heterocycles. The van der Waals surface area contributed by atoms with Crippen molar-refractivity contribution in [1.29, 1.82) is 0 Å². The first kappa shape index (κ1) is 39.7. The van der Waals surface area contributed by atoms with Crippen molar-refractivity contribution in [1.82, 2.24) is 0 Å². The fraction of sp³-hybridized carbons (Fsp3) is 0.571. The average molecular weight is 669 g/mol. The quantitative estimate of drug-likeness (QED) is 0.0361. The summed E-state index contributed by atoms with van der Waals surface area (Å²) in [5, 5.41) is 5.63. The van der Waals surface area contributed by atoms with Crippen LogP contribution in [0.15, 0.2) is 30.3 Å². The third-order valence-electron chi connectivity index (χ3n) is 7.29. The zero-order valence-electron chi connectivity index (χ0n) is 27.3. The number of benzene rings is 2. The van der Waals surface area contributed by atoms with Crippen molar-refractivity contribution in [2.45, 2.75) is 103 Å². The summed E-state index contributed by atoms with van der Waals surface area (Å²) in [4.78, 5) is 36.1. The first-order chi connectivity index (χ1) is 22.7. The zero-order chi connectivity index (χ0) is 34.3. The lowest BCUT2D eigenvalue weighted by atomic mass is 10.0. The van der Waals surface area contributed by atoms with E-state index in [-0.39, 0.29) is 50.7 Å². The summed E-state index contributed by atoms with van der Waals surface area (Å²) in [5.74, 6) is -9.88. The Kier molecular flexibility index (Phi) is 20.0. The summed E-state index contributed by atoms with van der Waals surface area (Å²) in [5.41, 5.74) is 1.23. The van der Waals surface area contributed by atoms with E-state index in [1.165, 1.54) is 57.8 Å². The van der Waals surface area contributed by atoms with E-state index in [1.54, 1.807) is 24.3 Å². The van der Waals surface area contributed by atoms with E-state index in [1.807, 2.05) is 0 Å². The maximum Gasteiger partial charge on any atom is 0.313 e. The number of anilines is 2. The minimum atomic E-state index is -1.81. The van der Waals surface area contributed by atoms with Gasteiger partial charge in [-0.2, -0.15) is 8.78 Å². The molecule has 0 bridgehead atoms. The molecular weight excluding hydrogens is 620 g/mol. The molecule has 2 aromatic rings. The number of hydrogen-bond donors (Lipinski definition) is 2. The molecule has 262 valence electrons. The number of amides is 2. The molecule has 2 aromatic carbocycles. The smallest absolute Gasteiger partial charge is 0.313 e. The SMILES string of the molecule is CCCCCCCCCCCCCCC(=O)Nc1ccc(NC(=O)CCOCCOCCC(=O)Oc2c(F)c(F)cc(F)c2F)cc1. The van der Waals surface area contributed by atoms with Crippen molar-refractivity contribution in [2.75, 3.05) is 37.1 Å². The Morgan fingerprint density at radius 3 is 1.49 bits per heavy atom. The second-order valence-electron chi connectivity index (χ2n) is 11.3. The second-order valence-corrected chi connectivity index (χ2v) is 11.3. The molecule has 0 spiro atoms. The van der Waals surface area contributed by atoms with Crippen molar-refractivity contribution >= 4 is 29.2 Å². The van der Waals surface area contributed by atoms with Crippen LogP contribution in [0.4, 0.5) is 28.9 Å². The van der Waals surface area contributed by atoms with E-state index >= 15 is 0 Å². The Hall–Kier alpha value is -3.51. The van der Waals surface area contributed by atoms with Gasteiger partial charge in [-0.25, -0.2) is 8.78 Å². The lowest BCUT2D eigenvalue weighted by molar-refractivity contribution is -0.136. The lowest BCUT2D eigenvalue weighted by Gasteiger charge is -2.09. The molecule has 0 saturated carbocycles. The maximum absolute atomic E-state index is 13.6. The lowest BCUT2D eigenvalue weighted by Crippen LogP contribution is -2.17. The molecule has 2 rings (SSSR count). The van der Waals surface area contributed by atoms with Gasteiger partial charge in [0.1, 0.15) is 0 Å². The first-order valence-corrected chi connectivity index (χ1v) is 16.6. The van der Waals surface area contributed by atoms with E-state index in [4.69, 9.17) is 9.47 Å². The molecule has 0 atom stereocenters. The summed E-state index contributed by atoms with van der Waals surface area (Å²) in [6, 6.07) is 6.86. The van der Waals surface area contributed by atoms with Gasteiger partial charge in [-0.1, -0.05) is 77.6 Å². The number of carbonyl (C=O) groups excluding carboxylic acids is 3. The van der Waals surface area contributed by atoms with Crippen LogP contribution in [-0.4, -0.2) is 44.2 Å². The van der Waals surface area contributed by atoms with E-state index in [9.17, 15) is 31.9 Å². The number of halogens is 4. The van der Waals surface area contributed by atoms with E-state index in [0.717, 1.165) is 19.3 Å². The summed E-state index contributed by atoms with van der Waals surface area (Å²) >= 11 is 0. The zero-order valence-corrected chi connectivity index (χ0v) is 27.3. The summed E-state index contributed by atoms with van der Waals surface area (Å²) < 4.78 is 68.3. The number of rotatable bonds is 25. The molecule has 12 heteroatoms. The summed E-state index contributed by atoms with van der Waals surface area (Å²) in [6.45, 7) is 2.31. The highest BCUT2D eigenvalue weighted by Crippen LogP contribution is 2.26. The van der Waals surface area contributed by atoms with Crippen LogP contribution in [0.3, 0.4) is 0 Å².